The minimum atomic E-state index is -0.689. The van der Waals surface area contributed by atoms with Crippen LogP contribution in [0.5, 0.6) is 0 Å². The Balaban J connectivity index is 2.02. The van der Waals surface area contributed by atoms with Gasteiger partial charge in [-0.3, -0.25) is 4.79 Å². The van der Waals surface area contributed by atoms with Gasteiger partial charge in [-0.1, -0.05) is 0 Å². The van der Waals surface area contributed by atoms with Crippen LogP contribution in [-0.4, -0.2) is 37.0 Å². The van der Waals surface area contributed by atoms with Gasteiger partial charge in [0, 0.05) is 13.2 Å². The summed E-state index contributed by atoms with van der Waals surface area (Å²) in [4.78, 5) is 11.1. The van der Waals surface area contributed by atoms with Crippen LogP contribution >= 0.6 is 0 Å². The van der Waals surface area contributed by atoms with Crippen molar-refractivity contribution in [1.82, 2.24) is 0 Å². The summed E-state index contributed by atoms with van der Waals surface area (Å²) >= 11 is 0. The number of carboxylic acid groups (broad SMARTS) is 1. The molecule has 0 saturated carbocycles. The van der Waals surface area contributed by atoms with Gasteiger partial charge in [0.2, 0.25) is 0 Å². The van der Waals surface area contributed by atoms with Crippen molar-refractivity contribution in [3.05, 3.63) is 0 Å². The second-order valence-electron chi connectivity index (χ2n) is 3.86. The van der Waals surface area contributed by atoms with E-state index >= 15 is 0 Å². The largest absolute Gasteiger partial charge is 0.481 e. The van der Waals surface area contributed by atoms with Crippen LogP contribution in [0.15, 0.2) is 0 Å². The first-order chi connectivity index (χ1) is 6.23. The quantitative estimate of drug-likeness (QED) is 0.658. The number of ether oxygens (including phenoxy) is 2. The molecule has 1 unspecified atom stereocenters. The van der Waals surface area contributed by atoms with Crippen LogP contribution in [0.25, 0.3) is 0 Å². The number of epoxide rings is 1. The third kappa shape index (κ3) is 1.84. The molecule has 1 N–H and O–H groups in total. The normalized spacial score (nSPS) is 31.2. The number of carboxylic acids is 1. The van der Waals surface area contributed by atoms with E-state index in [1.165, 1.54) is 0 Å². The molecule has 74 valence electrons. The molecule has 4 heteroatoms. The van der Waals surface area contributed by atoms with Gasteiger partial charge in [0.05, 0.1) is 18.1 Å². The molecule has 0 aromatic carbocycles. The second-order valence-corrected chi connectivity index (χ2v) is 3.86. The summed E-state index contributed by atoms with van der Waals surface area (Å²) in [5.41, 5.74) is -0.570. The standard InChI is InChI=1S/C9H14O4/c10-8(11)9(5-7-6-13-7)1-3-12-4-2-9/h7H,1-6H2,(H,10,11). The van der Waals surface area contributed by atoms with Crippen LogP contribution in [0.2, 0.25) is 0 Å². The van der Waals surface area contributed by atoms with Crippen LogP contribution in [0.3, 0.4) is 0 Å². The van der Waals surface area contributed by atoms with Crippen molar-refractivity contribution in [2.75, 3.05) is 19.8 Å². The fourth-order valence-corrected chi connectivity index (χ4v) is 1.89. The van der Waals surface area contributed by atoms with Gasteiger partial charge in [-0.25, -0.2) is 0 Å². The highest BCUT2D eigenvalue weighted by Crippen LogP contribution is 2.38. The molecule has 1 atom stereocenters. The summed E-state index contributed by atoms with van der Waals surface area (Å²) in [6.45, 7) is 1.87. The van der Waals surface area contributed by atoms with Crippen LogP contribution in [0.4, 0.5) is 0 Å². The lowest BCUT2D eigenvalue weighted by atomic mass is 9.76. The first-order valence-corrected chi connectivity index (χ1v) is 4.66. The lowest BCUT2D eigenvalue weighted by Gasteiger charge is -2.32. The summed E-state index contributed by atoms with van der Waals surface area (Å²) < 4.78 is 10.3. The predicted octanol–water partition coefficient (Wildman–Crippen LogP) is 0.657. The van der Waals surface area contributed by atoms with E-state index in [0.29, 0.717) is 32.5 Å². The van der Waals surface area contributed by atoms with E-state index in [1.54, 1.807) is 0 Å². The maximum Gasteiger partial charge on any atom is 0.309 e. The average molecular weight is 186 g/mol. The Morgan fingerprint density at radius 1 is 1.46 bits per heavy atom. The molecular formula is C9H14O4. The number of carbonyl (C=O) groups is 1. The Kier molecular flexibility index (Phi) is 2.26. The van der Waals surface area contributed by atoms with Gasteiger partial charge >= 0.3 is 5.97 Å². The molecule has 0 aromatic rings. The molecule has 4 nitrogen and oxygen atoms in total. The Labute approximate surface area is 76.8 Å². The summed E-state index contributed by atoms with van der Waals surface area (Å²) in [5.74, 6) is -0.689. The van der Waals surface area contributed by atoms with E-state index in [1.807, 2.05) is 0 Å². The first kappa shape index (κ1) is 8.97. The van der Waals surface area contributed by atoms with Crippen LogP contribution < -0.4 is 0 Å². The van der Waals surface area contributed by atoms with Gasteiger partial charge < -0.3 is 14.6 Å². The highest BCUT2D eigenvalue weighted by atomic mass is 16.6. The zero-order valence-corrected chi connectivity index (χ0v) is 7.49. The topological polar surface area (TPSA) is 59.1 Å². The van der Waals surface area contributed by atoms with E-state index in [-0.39, 0.29) is 6.10 Å². The number of aliphatic carboxylic acids is 1. The maximum atomic E-state index is 11.1. The predicted molar refractivity (Wildman–Crippen MR) is 44.5 cm³/mol. The minimum absolute atomic E-state index is 0.189. The molecule has 2 fully saturated rings. The van der Waals surface area contributed by atoms with E-state index in [0.717, 1.165) is 6.61 Å². The molecule has 0 amide bonds. The average Bonchev–Trinajstić information content (AvgIpc) is 2.90. The number of hydrogen-bond donors (Lipinski definition) is 1. The summed E-state index contributed by atoms with van der Waals surface area (Å²) in [6, 6.07) is 0. The van der Waals surface area contributed by atoms with E-state index in [9.17, 15) is 4.79 Å². The summed E-state index contributed by atoms with van der Waals surface area (Å²) in [6.07, 6.45) is 2.10. The Hall–Kier alpha value is -0.610. The molecule has 0 aromatic heterocycles. The fourth-order valence-electron chi connectivity index (χ4n) is 1.89. The molecule has 0 radical (unpaired) electrons. The van der Waals surface area contributed by atoms with Gasteiger partial charge in [-0.15, -0.1) is 0 Å². The third-order valence-corrected chi connectivity index (χ3v) is 2.92. The zero-order chi connectivity index (χ0) is 9.31. The van der Waals surface area contributed by atoms with Crippen molar-refractivity contribution < 1.29 is 19.4 Å². The highest BCUT2D eigenvalue weighted by Gasteiger charge is 2.44. The van der Waals surface area contributed by atoms with Gasteiger partial charge in [0.1, 0.15) is 0 Å². The van der Waals surface area contributed by atoms with Gasteiger partial charge in [0.25, 0.3) is 0 Å². The van der Waals surface area contributed by atoms with E-state index in [4.69, 9.17) is 14.6 Å². The van der Waals surface area contributed by atoms with Crippen LogP contribution in [0, 0.1) is 5.41 Å². The van der Waals surface area contributed by atoms with Crippen molar-refractivity contribution in [2.24, 2.45) is 5.41 Å². The molecule has 0 aliphatic carbocycles. The second kappa shape index (κ2) is 3.27. The van der Waals surface area contributed by atoms with Crippen molar-refractivity contribution in [2.45, 2.75) is 25.4 Å². The summed E-state index contributed by atoms with van der Waals surface area (Å²) in [5, 5.41) is 9.15. The molecule has 2 saturated heterocycles. The van der Waals surface area contributed by atoms with Gasteiger partial charge in [-0.2, -0.15) is 0 Å². The highest BCUT2D eigenvalue weighted by molar-refractivity contribution is 5.74. The Morgan fingerprint density at radius 2 is 2.08 bits per heavy atom. The SMILES string of the molecule is O=C(O)C1(CC2CO2)CCOCC1. The minimum Gasteiger partial charge on any atom is -0.481 e. The van der Waals surface area contributed by atoms with Gasteiger partial charge in [0.15, 0.2) is 0 Å². The van der Waals surface area contributed by atoms with Crippen LogP contribution in [0.1, 0.15) is 19.3 Å². The zero-order valence-electron chi connectivity index (χ0n) is 7.49. The lowest BCUT2D eigenvalue weighted by molar-refractivity contribution is -0.155. The molecule has 0 bridgehead atoms. The van der Waals surface area contributed by atoms with Crippen molar-refractivity contribution in [1.29, 1.82) is 0 Å². The van der Waals surface area contributed by atoms with Crippen molar-refractivity contribution in [3.8, 4) is 0 Å². The van der Waals surface area contributed by atoms with Crippen molar-refractivity contribution >= 4 is 5.97 Å². The molecule has 2 aliphatic heterocycles. The Morgan fingerprint density at radius 3 is 2.54 bits per heavy atom. The molecule has 2 heterocycles. The number of rotatable bonds is 3. The van der Waals surface area contributed by atoms with Crippen molar-refractivity contribution in [3.63, 3.8) is 0 Å². The molecule has 13 heavy (non-hydrogen) atoms. The Bertz CT molecular complexity index is 204. The van der Waals surface area contributed by atoms with E-state index in [2.05, 4.69) is 0 Å². The monoisotopic (exact) mass is 186 g/mol. The summed E-state index contributed by atoms with van der Waals surface area (Å²) in [7, 11) is 0. The van der Waals surface area contributed by atoms with Gasteiger partial charge in [-0.05, 0) is 19.3 Å². The van der Waals surface area contributed by atoms with E-state index < -0.39 is 11.4 Å². The lowest BCUT2D eigenvalue weighted by Crippen LogP contribution is -2.38. The maximum absolute atomic E-state index is 11.1. The fraction of sp³-hybridized carbons (Fsp3) is 0.889. The third-order valence-electron chi connectivity index (χ3n) is 2.92. The first-order valence-electron chi connectivity index (χ1n) is 4.66. The molecular weight excluding hydrogens is 172 g/mol. The molecule has 2 rings (SSSR count). The molecule has 2 aliphatic rings. The smallest absolute Gasteiger partial charge is 0.309 e. The van der Waals surface area contributed by atoms with Crippen LogP contribution in [-0.2, 0) is 14.3 Å². The number of hydrogen-bond acceptors (Lipinski definition) is 3. The molecule has 0 spiro atoms.